The number of rotatable bonds is 6. The Bertz CT molecular complexity index is 629. The average molecular weight is 320 g/mol. The first-order chi connectivity index (χ1) is 10.6. The molecule has 2 rings (SSSR count). The first kappa shape index (κ1) is 16.3. The van der Waals surface area contributed by atoms with E-state index in [2.05, 4.69) is 5.32 Å². The molecule has 0 aromatic heterocycles. The first-order valence-corrected chi connectivity index (χ1v) is 7.49. The van der Waals surface area contributed by atoms with Gasteiger partial charge in [-0.25, -0.2) is 0 Å². The van der Waals surface area contributed by atoms with Crippen molar-refractivity contribution in [3.63, 3.8) is 0 Å². The summed E-state index contributed by atoms with van der Waals surface area (Å²) < 4.78 is 5.08. The molecule has 22 heavy (non-hydrogen) atoms. The SMILES string of the molecule is COc1ccc(NC(=O)C[NH2+][C@@H](C)c2ccccc2Cl)cc1. The van der Waals surface area contributed by atoms with Crippen LogP contribution >= 0.6 is 11.6 Å². The Hall–Kier alpha value is -2.04. The Kier molecular flexibility index (Phi) is 5.81. The molecule has 1 atom stereocenters. The van der Waals surface area contributed by atoms with Crippen molar-refractivity contribution in [3.05, 3.63) is 59.1 Å². The molecule has 5 heteroatoms. The molecule has 1 amide bonds. The van der Waals surface area contributed by atoms with E-state index >= 15 is 0 Å². The van der Waals surface area contributed by atoms with E-state index in [9.17, 15) is 4.79 Å². The van der Waals surface area contributed by atoms with Gasteiger partial charge >= 0.3 is 0 Å². The van der Waals surface area contributed by atoms with Gasteiger partial charge in [-0.3, -0.25) is 4.79 Å². The van der Waals surface area contributed by atoms with Crippen LogP contribution in [-0.4, -0.2) is 19.6 Å². The predicted octanol–water partition coefficient (Wildman–Crippen LogP) is 2.61. The molecular formula is C17H20ClN2O2+. The fraction of sp³-hybridized carbons (Fsp3) is 0.235. The summed E-state index contributed by atoms with van der Waals surface area (Å²) in [6, 6.07) is 15.1. The molecule has 0 radical (unpaired) electrons. The lowest BCUT2D eigenvalue weighted by molar-refractivity contribution is -0.682. The number of carbonyl (C=O) groups is 1. The highest BCUT2D eigenvalue weighted by Crippen LogP contribution is 2.19. The molecule has 0 fully saturated rings. The van der Waals surface area contributed by atoms with Crippen molar-refractivity contribution in [3.8, 4) is 5.75 Å². The minimum Gasteiger partial charge on any atom is -0.497 e. The van der Waals surface area contributed by atoms with E-state index in [0.29, 0.717) is 6.54 Å². The molecule has 0 unspecified atom stereocenters. The van der Waals surface area contributed by atoms with Gasteiger partial charge in [0.05, 0.1) is 7.11 Å². The van der Waals surface area contributed by atoms with Crippen LogP contribution < -0.4 is 15.4 Å². The maximum atomic E-state index is 12.0. The standard InChI is InChI=1S/C17H19ClN2O2/c1-12(15-5-3-4-6-16(15)18)19-11-17(21)20-13-7-9-14(22-2)10-8-13/h3-10,12,19H,11H2,1-2H3,(H,20,21)/p+1/t12-/m0/s1. The molecule has 4 nitrogen and oxygen atoms in total. The van der Waals surface area contributed by atoms with Crippen molar-refractivity contribution < 1.29 is 14.8 Å². The zero-order chi connectivity index (χ0) is 15.9. The molecule has 3 N–H and O–H groups in total. The van der Waals surface area contributed by atoms with Crippen LogP contribution in [0.4, 0.5) is 5.69 Å². The largest absolute Gasteiger partial charge is 0.497 e. The molecule has 116 valence electrons. The Morgan fingerprint density at radius 1 is 1.23 bits per heavy atom. The molecule has 0 bridgehead atoms. The zero-order valence-corrected chi connectivity index (χ0v) is 13.4. The van der Waals surface area contributed by atoms with Crippen molar-refractivity contribution in [2.24, 2.45) is 0 Å². The molecule has 0 aliphatic heterocycles. The second-order valence-electron chi connectivity index (χ2n) is 5.03. The molecule has 0 spiro atoms. The van der Waals surface area contributed by atoms with Gasteiger partial charge in [0.15, 0.2) is 6.54 Å². The van der Waals surface area contributed by atoms with Gasteiger partial charge in [-0.2, -0.15) is 0 Å². The molecule has 0 aliphatic rings. The third-order valence-electron chi connectivity index (χ3n) is 3.43. The van der Waals surface area contributed by atoms with E-state index in [1.807, 2.05) is 60.8 Å². The molecule has 0 saturated carbocycles. The van der Waals surface area contributed by atoms with E-state index in [0.717, 1.165) is 22.0 Å². The van der Waals surface area contributed by atoms with Crippen molar-refractivity contribution in [1.82, 2.24) is 0 Å². The highest BCUT2D eigenvalue weighted by atomic mass is 35.5. The van der Waals surface area contributed by atoms with Crippen LogP contribution in [0, 0.1) is 0 Å². The third kappa shape index (κ3) is 4.48. The maximum Gasteiger partial charge on any atom is 0.279 e. The third-order valence-corrected chi connectivity index (χ3v) is 3.77. The lowest BCUT2D eigenvalue weighted by Gasteiger charge is -2.12. The number of nitrogens with one attached hydrogen (secondary N) is 1. The number of methoxy groups -OCH3 is 1. The van der Waals surface area contributed by atoms with Gasteiger partial charge in [0.2, 0.25) is 0 Å². The summed E-state index contributed by atoms with van der Waals surface area (Å²) in [5.74, 6) is 0.709. The average Bonchev–Trinajstić information content (AvgIpc) is 2.54. The number of halogens is 1. The summed E-state index contributed by atoms with van der Waals surface area (Å²) >= 11 is 6.16. The number of hydrogen-bond acceptors (Lipinski definition) is 2. The molecule has 0 heterocycles. The normalized spacial score (nSPS) is 11.8. The van der Waals surface area contributed by atoms with E-state index in [4.69, 9.17) is 16.3 Å². The number of ether oxygens (including phenoxy) is 1. The summed E-state index contributed by atoms with van der Waals surface area (Å²) in [7, 11) is 1.61. The quantitative estimate of drug-likeness (QED) is 0.860. The maximum absolute atomic E-state index is 12.0. The van der Waals surface area contributed by atoms with E-state index < -0.39 is 0 Å². The van der Waals surface area contributed by atoms with E-state index in [1.54, 1.807) is 7.11 Å². The smallest absolute Gasteiger partial charge is 0.279 e. The van der Waals surface area contributed by atoms with Crippen molar-refractivity contribution >= 4 is 23.2 Å². The second kappa shape index (κ2) is 7.82. The van der Waals surface area contributed by atoms with Crippen LogP contribution in [0.2, 0.25) is 5.02 Å². The van der Waals surface area contributed by atoms with Crippen LogP contribution in [0.1, 0.15) is 18.5 Å². The van der Waals surface area contributed by atoms with Gasteiger partial charge < -0.3 is 15.4 Å². The van der Waals surface area contributed by atoms with Crippen molar-refractivity contribution in [2.45, 2.75) is 13.0 Å². The van der Waals surface area contributed by atoms with Gasteiger partial charge in [0.1, 0.15) is 11.8 Å². The van der Waals surface area contributed by atoms with Crippen LogP contribution in [0.5, 0.6) is 5.75 Å². The minimum atomic E-state index is -0.0518. The summed E-state index contributed by atoms with van der Waals surface area (Å²) in [6.07, 6.45) is 0. The highest BCUT2D eigenvalue weighted by Gasteiger charge is 2.14. The fourth-order valence-electron chi connectivity index (χ4n) is 2.14. The molecule has 2 aromatic carbocycles. The van der Waals surface area contributed by atoms with Crippen LogP contribution in [0.25, 0.3) is 0 Å². The van der Waals surface area contributed by atoms with E-state index in [-0.39, 0.29) is 11.9 Å². The monoisotopic (exact) mass is 319 g/mol. The molecule has 2 aromatic rings. The molecular weight excluding hydrogens is 300 g/mol. The number of quaternary nitrogens is 1. The van der Waals surface area contributed by atoms with Crippen molar-refractivity contribution in [2.75, 3.05) is 19.0 Å². The number of benzene rings is 2. The minimum absolute atomic E-state index is 0.0518. The number of carbonyl (C=O) groups excluding carboxylic acids is 1. The van der Waals surface area contributed by atoms with Crippen LogP contribution in [-0.2, 0) is 4.79 Å². The number of amides is 1. The van der Waals surface area contributed by atoms with Crippen LogP contribution in [0.3, 0.4) is 0 Å². The molecule has 0 aliphatic carbocycles. The predicted molar refractivity (Wildman–Crippen MR) is 88.3 cm³/mol. The van der Waals surface area contributed by atoms with Gasteiger partial charge in [-0.05, 0) is 37.3 Å². The molecule has 0 saturated heterocycles. The van der Waals surface area contributed by atoms with Gasteiger partial charge in [0.25, 0.3) is 5.91 Å². The Morgan fingerprint density at radius 2 is 1.91 bits per heavy atom. The number of nitrogens with two attached hydrogens (primary N) is 1. The van der Waals surface area contributed by atoms with Crippen molar-refractivity contribution in [1.29, 1.82) is 0 Å². The summed E-state index contributed by atoms with van der Waals surface area (Å²) in [4.78, 5) is 12.0. The summed E-state index contributed by atoms with van der Waals surface area (Å²) in [6.45, 7) is 2.36. The number of anilines is 1. The van der Waals surface area contributed by atoms with Gasteiger partial charge in [-0.1, -0.05) is 29.8 Å². The lowest BCUT2D eigenvalue weighted by atomic mass is 10.1. The Labute approximate surface area is 135 Å². The van der Waals surface area contributed by atoms with E-state index in [1.165, 1.54) is 0 Å². The number of hydrogen-bond donors (Lipinski definition) is 2. The topological polar surface area (TPSA) is 54.9 Å². The Balaban J connectivity index is 1.85. The van der Waals surface area contributed by atoms with Crippen LogP contribution in [0.15, 0.2) is 48.5 Å². The zero-order valence-electron chi connectivity index (χ0n) is 12.7. The summed E-state index contributed by atoms with van der Waals surface area (Å²) in [5, 5.41) is 5.54. The van der Waals surface area contributed by atoms with Gasteiger partial charge in [-0.15, -0.1) is 0 Å². The lowest BCUT2D eigenvalue weighted by Crippen LogP contribution is -2.86. The highest BCUT2D eigenvalue weighted by molar-refractivity contribution is 6.31. The fourth-order valence-corrected chi connectivity index (χ4v) is 2.45. The van der Waals surface area contributed by atoms with Gasteiger partial charge in [0, 0.05) is 16.3 Å². The summed E-state index contributed by atoms with van der Waals surface area (Å²) in [5.41, 5.74) is 1.78. The second-order valence-corrected chi connectivity index (χ2v) is 5.43. The first-order valence-electron chi connectivity index (χ1n) is 7.12. The Morgan fingerprint density at radius 3 is 2.55 bits per heavy atom.